The third kappa shape index (κ3) is 3.08. The van der Waals surface area contributed by atoms with Gasteiger partial charge in [0, 0.05) is 0 Å². The molecule has 2 fully saturated rings. The SMILES string of the molecule is CCCCC(N=C=O)C1CC2CC(C(C)N=C=O)C1C2. The second-order valence-electron chi connectivity index (χ2n) is 6.46. The topological polar surface area (TPSA) is 58.9 Å². The average molecular weight is 276 g/mol. The van der Waals surface area contributed by atoms with Crippen molar-refractivity contribution in [3.8, 4) is 0 Å². The molecule has 2 saturated carbocycles. The van der Waals surface area contributed by atoms with Crippen LogP contribution in [0.4, 0.5) is 0 Å². The number of carbonyl (C=O) groups excluding carboxylic acids is 2. The quantitative estimate of drug-likeness (QED) is 0.529. The van der Waals surface area contributed by atoms with E-state index in [-0.39, 0.29) is 12.1 Å². The predicted molar refractivity (Wildman–Crippen MR) is 76.8 cm³/mol. The summed E-state index contributed by atoms with van der Waals surface area (Å²) in [7, 11) is 0. The van der Waals surface area contributed by atoms with Crippen LogP contribution in [0.5, 0.6) is 0 Å². The zero-order valence-electron chi connectivity index (χ0n) is 12.4. The number of isocyanates is 2. The molecule has 4 heteroatoms. The highest BCUT2D eigenvalue weighted by molar-refractivity contribution is 5.34. The molecule has 0 aromatic carbocycles. The molecule has 110 valence electrons. The fraction of sp³-hybridized carbons (Fsp3) is 0.875. The van der Waals surface area contributed by atoms with Crippen molar-refractivity contribution in [3.05, 3.63) is 0 Å². The molecule has 6 atom stereocenters. The van der Waals surface area contributed by atoms with E-state index >= 15 is 0 Å². The summed E-state index contributed by atoms with van der Waals surface area (Å²) in [6.45, 7) is 4.17. The van der Waals surface area contributed by atoms with E-state index in [2.05, 4.69) is 16.9 Å². The minimum atomic E-state index is 0.0531. The molecular formula is C16H24N2O2. The first-order valence-corrected chi connectivity index (χ1v) is 7.85. The van der Waals surface area contributed by atoms with Gasteiger partial charge < -0.3 is 0 Å². The summed E-state index contributed by atoms with van der Waals surface area (Å²) in [6, 6.07) is 0.176. The van der Waals surface area contributed by atoms with Crippen molar-refractivity contribution in [2.75, 3.05) is 0 Å². The molecule has 2 aliphatic rings. The predicted octanol–water partition coefficient (Wildman–Crippen LogP) is 3.27. The monoisotopic (exact) mass is 276 g/mol. The molecule has 0 aromatic heterocycles. The van der Waals surface area contributed by atoms with Gasteiger partial charge in [0.25, 0.3) is 0 Å². The summed E-state index contributed by atoms with van der Waals surface area (Å²) >= 11 is 0. The maximum Gasteiger partial charge on any atom is 0.235 e. The van der Waals surface area contributed by atoms with Crippen molar-refractivity contribution in [3.63, 3.8) is 0 Å². The Hall–Kier alpha value is -1.24. The molecular weight excluding hydrogens is 252 g/mol. The Morgan fingerprint density at radius 1 is 1.10 bits per heavy atom. The number of hydrogen-bond donors (Lipinski definition) is 0. The van der Waals surface area contributed by atoms with Gasteiger partial charge in [0.2, 0.25) is 12.2 Å². The maximum atomic E-state index is 10.7. The number of fused-ring (bicyclic) bond motifs is 2. The molecule has 2 aliphatic carbocycles. The smallest absolute Gasteiger partial charge is 0.211 e. The van der Waals surface area contributed by atoms with Crippen molar-refractivity contribution in [1.82, 2.24) is 0 Å². The minimum absolute atomic E-state index is 0.0531. The van der Waals surface area contributed by atoms with Gasteiger partial charge >= 0.3 is 0 Å². The fourth-order valence-corrected chi connectivity index (χ4v) is 4.49. The van der Waals surface area contributed by atoms with E-state index < -0.39 is 0 Å². The first-order valence-electron chi connectivity index (χ1n) is 7.85. The molecule has 6 unspecified atom stereocenters. The van der Waals surface area contributed by atoms with Gasteiger partial charge in [0.15, 0.2) is 0 Å². The van der Waals surface area contributed by atoms with Crippen molar-refractivity contribution < 1.29 is 9.59 Å². The lowest BCUT2D eigenvalue weighted by Crippen LogP contribution is -2.33. The number of aliphatic imine (C=N–C) groups is 2. The summed E-state index contributed by atoms with van der Waals surface area (Å²) in [5.41, 5.74) is 0. The summed E-state index contributed by atoms with van der Waals surface area (Å²) in [5, 5.41) is 0. The molecule has 0 saturated heterocycles. The van der Waals surface area contributed by atoms with E-state index in [9.17, 15) is 9.59 Å². The average Bonchev–Trinajstić information content (AvgIpc) is 3.03. The Kier molecular flexibility index (Phi) is 5.28. The highest BCUT2D eigenvalue weighted by atomic mass is 16.1. The van der Waals surface area contributed by atoms with Gasteiger partial charge in [-0.3, -0.25) is 0 Å². The van der Waals surface area contributed by atoms with E-state index in [4.69, 9.17) is 0 Å². The lowest BCUT2D eigenvalue weighted by atomic mass is 9.73. The van der Waals surface area contributed by atoms with Crippen LogP contribution in [0.15, 0.2) is 9.98 Å². The molecule has 0 aromatic rings. The second-order valence-corrected chi connectivity index (χ2v) is 6.46. The third-order valence-electron chi connectivity index (χ3n) is 5.36. The van der Waals surface area contributed by atoms with Gasteiger partial charge in [-0.05, 0) is 56.3 Å². The van der Waals surface area contributed by atoms with E-state index in [1.165, 1.54) is 19.3 Å². The van der Waals surface area contributed by atoms with Gasteiger partial charge in [0.1, 0.15) is 0 Å². The summed E-state index contributed by atoms with van der Waals surface area (Å²) < 4.78 is 0. The largest absolute Gasteiger partial charge is 0.235 e. The van der Waals surface area contributed by atoms with Crippen LogP contribution in [0.25, 0.3) is 0 Å². The lowest BCUT2D eigenvalue weighted by Gasteiger charge is -2.34. The van der Waals surface area contributed by atoms with E-state index in [1.54, 1.807) is 12.2 Å². The molecule has 0 spiro atoms. The number of rotatable bonds is 7. The zero-order valence-corrected chi connectivity index (χ0v) is 12.4. The van der Waals surface area contributed by atoms with Crippen molar-refractivity contribution >= 4 is 12.2 Å². The fourth-order valence-electron chi connectivity index (χ4n) is 4.49. The third-order valence-corrected chi connectivity index (χ3v) is 5.36. The van der Waals surface area contributed by atoms with Gasteiger partial charge in [-0.25, -0.2) is 19.6 Å². The number of hydrogen-bond acceptors (Lipinski definition) is 4. The highest BCUT2D eigenvalue weighted by Crippen LogP contribution is 2.55. The van der Waals surface area contributed by atoms with Gasteiger partial charge in [-0.15, -0.1) is 0 Å². The van der Waals surface area contributed by atoms with Gasteiger partial charge in [0.05, 0.1) is 12.1 Å². The van der Waals surface area contributed by atoms with Crippen molar-refractivity contribution in [2.24, 2.45) is 33.7 Å². The van der Waals surface area contributed by atoms with Crippen LogP contribution >= 0.6 is 0 Å². The molecule has 2 bridgehead atoms. The molecule has 2 rings (SSSR count). The van der Waals surface area contributed by atoms with Crippen LogP contribution in [0.2, 0.25) is 0 Å². The lowest BCUT2D eigenvalue weighted by molar-refractivity contribution is 0.182. The standard InChI is InChI=1S/C16H24N2O2/c1-3-4-5-16(18-10-20)15-8-12-6-13(14(15)7-12)11(2)17-9-19/h11-16H,3-8H2,1-2H3. The minimum Gasteiger partial charge on any atom is -0.211 e. The normalized spacial score (nSPS) is 34.1. The van der Waals surface area contributed by atoms with Crippen LogP contribution in [0.1, 0.15) is 52.4 Å². The molecule has 4 nitrogen and oxygen atoms in total. The van der Waals surface area contributed by atoms with Crippen molar-refractivity contribution in [2.45, 2.75) is 64.5 Å². The zero-order chi connectivity index (χ0) is 14.5. The summed E-state index contributed by atoms with van der Waals surface area (Å²) in [4.78, 5) is 29.2. The molecule has 0 amide bonds. The second kappa shape index (κ2) is 6.97. The number of nitrogens with zero attached hydrogens (tertiary/aromatic N) is 2. The van der Waals surface area contributed by atoms with Crippen LogP contribution < -0.4 is 0 Å². The first-order chi connectivity index (χ1) is 9.71. The van der Waals surface area contributed by atoms with E-state index in [0.29, 0.717) is 17.8 Å². The van der Waals surface area contributed by atoms with Crippen LogP contribution in [0, 0.1) is 23.7 Å². The van der Waals surface area contributed by atoms with E-state index in [1.807, 2.05) is 6.92 Å². The van der Waals surface area contributed by atoms with Gasteiger partial charge in [-0.1, -0.05) is 19.8 Å². The molecule has 0 N–H and O–H groups in total. The number of unbranched alkanes of at least 4 members (excludes halogenated alkanes) is 1. The Balaban J connectivity index is 2.08. The van der Waals surface area contributed by atoms with Crippen molar-refractivity contribution in [1.29, 1.82) is 0 Å². The Bertz CT molecular complexity index is 424. The molecule has 20 heavy (non-hydrogen) atoms. The summed E-state index contributed by atoms with van der Waals surface area (Å²) in [6.07, 6.45) is 10.2. The highest BCUT2D eigenvalue weighted by Gasteiger charge is 2.50. The van der Waals surface area contributed by atoms with Crippen LogP contribution in [-0.4, -0.2) is 24.2 Å². The molecule has 0 radical (unpaired) electrons. The Morgan fingerprint density at radius 3 is 2.40 bits per heavy atom. The first kappa shape index (κ1) is 15.2. The van der Waals surface area contributed by atoms with Gasteiger partial charge in [-0.2, -0.15) is 0 Å². The van der Waals surface area contributed by atoms with Crippen LogP contribution in [0.3, 0.4) is 0 Å². The Labute approximate surface area is 120 Å². The molecule has 0 heterocycles. The Morgan fingerprint density at radius 2 is 1.80 bits per heavy atom. The van der Waals surface area contributed by atoms with E-state index in [0.717, 1.165) is 25.2 Å². The van der Waals surface area contributed by atoms with Crippen LogP contribution in [-0.2, 0) is 9.59 Å². The maximum absolute atomic E-state index is 10.7. The summed E-state index contributed by atoms with van der Waals surface area (Å²) in [5.74, 6) is 2.23. The molecule has 0 aliphatic heterocycles.